The SMILES string of the molecule is CCCCOc1ccc2c(c1)c(CC(=O)O)c(C(C)C)n2-c1ccc(F)c(C)c1. The maximum atomic E-state index is 13.9. The zero-order valence-corrected chi connectivity index (χ0v) is 17.5. The van der Waals surface area contributed by atoms with Crippen LogP contribution < -0.4 is 4.74 Å². The number of benzene rings is 2. The Kier molecular flexibility index (Phi) is 6.26. The van der Waals surface area contributed by atoms with Gasteiger partial charge in [0.1, 0.15) is 11.6 Å². The van der Waals surface area contributed by atoms with Crippen LogP contribution in [-0.2, 0) is 11.2 Å². The molecule has 154 valence electrons. The molecule has 3 aromatic rings. The van der Waals surface area contributed by atoms with Crippen LogP contribution in [0.3, 0.4) is 0 Å². The van der Waals surface area contributed by atoms with Crippen molar-refractivity contribution in [3.8, 4) is 11.4 Å². The molecule has 29 heavy (non-hydrogen) atoms. The lowest BCUT2D eigenvalue weighted by atomic mass is 10.0. The minimum absolute atomic E-state index is 0.0738. The topological polar surface area (TPSA) is 51.5 Å². The lowest BCUT2D eigenvalue weighted by Crippen LogP contribution is -2.08. The van der Waals surface area contributed by atoms with E-state index in [-0.39, 0.29) is 18.2 Å². The predicted molar refractivity (Wildman–Crippen MR) is 114 cm³/mol. The number of rotatable bonds is 8. The number of halogens is 1. The maximum absolute atomic E-state index is 13.9. The smallest absolute Gasteiger partial charge is 0.307 e. The molecule has 2 aromatic carbocycles. The second-order valence-corrected chi connectivity index (χ2v) is 7.74. The molecule has 0 aliphatic carbocycles. The van der Waals surface area contributed by atoms with Crippen molar-refractivity contribution in [2.45, 2.75) is 52.9 Å². The Morgan fingerprint density at radius 2 is 1.97 bits per heavy atom. The van der Waals surface area contributed by atoms with Crippen molar-refractivity contribution in [1.29, 1.82) is 0 Å². The standard InChI is InChI=1S/C24H28FNO3/c1-5-6-11-29-18-8-10-22-19(13-18)20(14-23(27)28)24(15(2)3)26(22)17-7-9-21(25)16(4)12-17/h7-10,12-13,15H,5-6,11,14H2,1-4H3,(H,27,28). The predicted octanol–water partition coefficient (Wildman–Crippen LogP) is 6.01. The van der Waals surface area contributed by atoms with Gasteiger partial charge in [-0.05, 0) is 66.8 Å². The van der Waals surface area contributed by atoms with Crippen LogP contribution >= 0.6 is 0 Å². The van der Waals surface area contributed by atoms with Crippen molar-refractivity contribution in [1.82, 2.24) is 4.57 Å². The number of hydrogen-bond donors (Lipinski definition) is 1. The van der Waals surface area contributed by atoms with E-state index in [4.69, 9.17) is 4.74 Å². The number of carboxylic acid groups (broad SMARTS) is 1. The summed E-state index contributed by atoms with van der Waals surface area (Å²) >= 11 is 0. The molecule has 0 saturated carbocycles. The summed E-state index contributed by atoms with van der Waals surface area (Å²) in [5, 5.41) is 10.4. The first-order chi connectivity index (χ1) is 13.8. The Bertz CT molecular complexity index is 1040. The van der Waals surface area contributed by atoms with Gasteiger partial charge >= 0.3 is 5.97 Å². The molecule has 1 N–H and O–H groups in total. The minimum Gasteiger partial charge on any atom is -0.494 e. The molecule has 4 nitrogen and oxygen atoms in total. The maximum Gasteiger partial charge on any atom is 0.307 e. The van der Waals surface area contributed by atoms with Crippen molar-refractivity contribution in [2.24, 2.45) is 0 Å². The summed E-state index contributed by atoms with van der Waals surface area (Å²) in [7, 11) is 0. The van der Waals surface area contributed by atoms with Crippen LogP contribution in [0, 0.1) is 12.7 Å². The normalized spacial score (nSPS) is 11.4. The van der Waals surface area contributed by atoms with E-state index in [0.29, 0.717) is 12.2 Å². The van der Waals surface area contributed by atoms with E-state index < -0.39 is 5.97 Å². The average Bonchev–Trinajstić information content (AvgIpc) is 2.97. The zero-order chi connectivity index (χ0) is 21.1. The highest BCUT2D eigenvalue weighted by atomic mass is 19.1. The summed E-state index contributed by atoms with van der Waals surface area (Å²) < 4.78 is 21.8. The van der Waals surface area contributed by atoms with Crippen LogP contribution in [0.15, 0.2) is 36.4 Å². The summed E-state index contributed by atoms with van der Waals surface area (Å²) in [6.07, 6.45) is 1.94. The van der Waals surface area contributed by atoms with Gasteiger partial charge in [-0.25, -0.2) is 4.39 Å². The summed E-state index contributed by atoms with van der Waals surface area (Å²) in [5.74, 6) is -0.306. The van der Waals surface area contributed by atoms with Gasteiger partial charge < -0.3 is 14.4 Å². The lowest BCUT2D eigenvalue weighted by molar-refractivity contribution is -0.136. The third kappa shape index (κ3) is 4.29. The molecule has 1 aromatic heterocycles. The van der Waals surface area contributed by atoms with Gasteiger partial charge in [0.15, 0.2) is 0 Å². The van der Waals surface area contributed by atoms with Gasteiger partial charge in [-0.3, -0.25) is 4.79 Å². The van der Waals surface area contributed by atoms with E-state index in [1.54, 1.807) is 19.1 Å². The molecular formula is C24H28FNO3. The fourth-order valence-corrected chi connectivity index (χ4v) is 3.77. The van der Waals surface area contributed by atoms with Crippen LogP contribution in [0.2, 0.25) is 0 Å². The quantitative estimate of drug-likeness (QED) is 0.474. The monoisotopic (exact) mass is 397 g/mol. The molecule has 0 bridgehead atoms. The third-order valence-electron chi connectivity index (χ3n) is 5.13. The van der Waals surface area contributed by atoms with E-state index >= 15 is 0 Å². The van der Waals surface area contributed by atoms with Crippen molar-refractivity contribution in [3.63, 3.8) is 0 Å². The number of unbranched alkanes of at least 4 members (excludes halogenated alkanes) is 1. The highest BCUT2D eigenvalue weighted by Crippen LogP contribution is 2.36. The van der Waals surface area contributed by atoms with Crippen LogP contribution in [0.4, 0.5) is 4.39 Å². The lowest BCUT2D eigenvalue weighted by Gasteiger charge is -2.16. The van der Waals surface area contributed by atoms with Gasteiger partial charge in [0.2, 0.25) is 0 Å². The number of fused-ring (bicyclic) bond motifs is 1. The number of aryl methyl sites for hydroxylation is 1. The van der Waals surface area contributed by atoms with E-state index in [1.807, 2.05) is 32.0 Å². The first kappa shape index (κ1) is 20.9. The Labute approximate surface area is 170 Å². The molecular weight excluding hydrogens is 369 g/mol. The molecule has 0 amide bonds. The first-order valence-corrected chi connectivity index (χ1v) is 10.1. The van der Waals surface area contributed by atoms with Crippen LogP contribution in [-0.4, -0.2) is 22.2 Å². The molecule has 0 spiro atoms. The Morgan fingerprint density at radius 3 is 2.59 bits per heavy atom. The molecule has 1 heterocycles. The number of nitrogens with zero attached hydrogens (tertiary/aromatic N) is 1. The van der Waals surface area contributed by atoms with E-state index in [2.05, 4.69) is 11.5 Å². The second kappa shape index (κ2) is 8.68. The molecule has 0 atom stereocenters. The molecule has 3 rings (SSSR count). The highest BCUT2D eigenvalue weighted by molar-refractivity contribution is 5.91. The Balaban J connectivity index is 2.26. The van der Waals surface area contributed by atoms with Crippen LogP contribution in [0.25, 0.3) is 16.6 Å². The molecule has 0 radical (unpaired) electrons. The largest absolute Gasteiger partial charge is 0.494 e. The fraction of sp³-hybridized carbons (Fsp3) is 0.375. The minimum atomic E-state index is -0.876. The van der Waals surface area contributed by atoms with Gasteiger partial charge in [0.05, 0.1) is 18.5 Å². The molecule has 0 unspecified atom stereocenters. The highest BCUT2D eigenvalue weighted by Gasteiger charge is 2.23. The van der Waals surface area contributed by atoms with Crippen molar-refractivity contribution < 1.29 is 19.0 Å². The Hall–Kier alpha value is -2.82. The van der Waals surface area contributed by atoms with Crippen LogP contribution in [0.1, 0.15) is 56.4 Å². The zero-order valence-electron chi connectivity index (χ0n) is 17.5. The van der Waals surface area contributed by atoms with Crippen LogP contribution in [0.5, 0.6) is 5.75 Å². The number of aromatic nitrogens is 1. The molecule has 0 saturated heterocycles. The van der Waals surface area contributed by atoms with E-state index in [1.165, 1.54) is 6.07 Å². The number of hydrogen-bond acceptors (Lipinski definition) is 2. The number of carbonyl (C=O) groups is 1. The summed E-state index contributed by atoms with van der Waals surface area (Å²) in [5.41, 5.74) is 4.00. The number of carboxylic acids is 1. The molecule has 0 aliphatic heterocycles. The van der Waals surface area contributed by atoms with Gasteiger partial charge in [0, 0.05) is 16.8 Å². The Morgan fingerprint density at radius 1 is 1.21 bits per heavy atom. The summed E-state index contributed by atoms with van der Waals surface area (Å²) in [6, 6.07) is 10.8. The van der Waals surface area contributed by atoms with Gasteiger partial charge in [0.25, 0.3) is 0 Å². The van der Waals surface area contributed by atoms with Crippen molar-refractivity contribution in [3.05, 3.63) is 59.0 Å². The second-order valence-electron chi connectivity index (χ2n) is 7.74. The third-order valence-corrected chi connectivity index (χ3v) is 5.13. The van der Waals surface area contributed by atoms with Crippen molar-refractivity contribution >= 4 is 16.9 Å². The van der Waals surface area contributed by atoms with E-state index in [0.717, 1.165) is 46.4 Å². The summed E-state index contributed by atoms with van der Waals surface area (Å²) in [6.45, 7) is 8.57. The molecule has 5 heteroatoms. The number of ether oxygens (including phenoxy) is 1. The average molecular weight is 397 g/mol. The van der Waals surface area contributed by atoms with Crippen molar-refractivity contribution in [2.75, 3.05) is 6.61 Å². The van der Waals surface area contributed by atoms with E-state index in [9.17, 15) is 14.3 Å². The molecule has 0 aliphatic rings. The first-order valence-electron chi connectivity index (χ1n) is 10.1. The summed E-state index contributed by atoms with van der Waals surface area (Å²) in [4.78, 5) is 11.6. The number of aliphatic carboxylic acids is 1. The fourth-order valence-electron chi connectivity index (χ4n) is 3.77. The van der Waals surface area contributed by atoms with Gasteiger partial charge in [-0.1, -0.05) is 27.2 Å². The van der Waals surface area contributed by atoms with Gasteiger partial charge in [-0.15, -0.1) is 0 Å². The van der Waals surface area contributed by atoms with Gasteiger partial charge in [-0.2, -0.15) is 0 Å². The molecule has 0 fully saturated rings.